The Morgan fingerprint density at radius 3 is 2.41 bits per heavy atom. The molecule has 0 unspecified atom stereocenters. The van der Waals surface area contributed by atoms with E-state index in [2.05, 4.69) is 19.2 Å². The first-order chi connectivity index (χ1) is 12.9. The van der Waals surface area contributed by atoms with Crippen molar-refractivity contribution in [3.63, 3.8) is 0 Å². The molecule has 1 fully saturated rings. The van der Waals surface area contributed by atoms with Crippen molar-refractivity contribution in [2.24, 2.45) is 17.8 Å². The molecule has 6 nitrogen and oxygen atoms in total. The van der Waals surface area contributed by atoms with Crippen molar-refractivity contribution >= 4 is 11.9 Å². The molecule has 0 spiro atoms. The standard InChI is InChI=1S/C21H31NO5/c1-14(2)10-11-27-18-9-4-15(12-19(18)26-3)13-22-20(23)16-5-7-17(8-6-16)21(24)25/h4,9,12,14,16-17H,5-8,10-11,13H2,1-3H3,(H,22,23)(H,24,25). The first kappa shape index (κ1) is 21.1. The van der Waals surface area contributed by atoms with Crippen LogP contribution >= 0.6 is 0 Å². The molecule has 0 heterocycles. The van der Waals surface area contributed by atoms with E-state index in [-0.39, 0.29) is 17.7 Å². The first-order valence-electron chi connectivity index (χ1n) is 9.71. The minimum Gasteiger partial charge on any atom is -0.493 e. The molecule has 0 saturated heterocycles. The van der Waals surface area contributed by atoms with Gasteiger partial charge in [-0.1, -0.05) is 19.9 Å². The van der Waals surface area contributed by atoms with Gasteiger partial charge in [0.2, 0.25) is 5.91 Å². The molecule has 150 valence electrons. The number of carboxylic acid groups (broad SMARTS) is 1. The number of carbonyl (C=O) groups excluding carboxylic acids is 1. The maximum Gasteiger partial charge on any atom is 0.306 e. The normalized spacial score (nSPS) is 19.6. The van der Waals surface area contributed by atoms with E-state index in [0.29, 0.717) is 56.3 Å². The minimum atomic E-state index is -0.753. The van der Waals surface area contributed by atoms with Gasteiger partial charge in [-0.2, -0.15) is 0 Å². The number of hydrogen-bond donors (Lipinski definition) is 2. The Morgan fingerprint density at radius 1 is 1.15 bits per heavy atom. The van der Waals surface area contributed by atoms with Crippen molar-refractivity contribution in [1.29, 1.82) is 0 Å². The van der Waals surface area contributed by atoms with Crippen molar-refractivity contribution in [3.05, 3.63) is 23.8 Å². The number of aliphatic carboxylic acids is 1. The van der Waals surface area contributed by atoms with Crippen LogP contribution in [-0.4, -0.2) is 30.7 Å². The third-order valence-corrected chi connectivity index (χ3v) is 5.09. The number of carboxylic acids is 1. The lowest BCUT2D eigenvalue weighted by molar-refractivity contribution is -0.144. The Bertz CT molecular complexity index is 635. The van der Waals surface area contributed by atoms with Gasteiger partial charge < -0.3 is 19.9 Å². The minimum absolute atomic E-state index is 0.00457. The summed E-state index contributed by atoms with van der Waals surface area (Å²) in [6, 6.07) is 5.68. The number of carbonyl (C=O) groups is 2. The largest absolute Gasteiger partial charge is 0.493 e. The zero-order valence-corrected chi connectivity index (χ0v) is 16.5. The van der Waals surface area contributed by atoms with E-state index in [1.165, 1.54) is 0 Å². The van der Waals surface area contributed by atoms with Crippen molar-refractivity contribution in [2.75, 3.05) is 13.7 Å². The second-order valence-electron chi connectivity index (χ2n) is 7.62. The van der Waals surface area contributed by atoms with E-state index in [9.17, 15) is 9.59 Å². The predicted octanol–water partition coefficient (Wildman–Crippen LogP) is 3.63. The zero-order chi connectivity index (χ0) is 19.8. The van der Waals surface area contributed by atoms with Crippen LogP contribution in [-0.2, 0) is 16.1 Å². The average molecular weight is 377 g/mol. The van der Waals surface area contributed by atoms with Crippen LogP contribution in [0, 0.1) is 17.8 Å². The molecule has 27 heavy (non-hydrogen) atoms. The number of methoxy groups -OCH3 is 1. The number of ether oxygens (including phenoxy) is 2. The molecule has 0 aliphatic heterocycles. The van der Waals surface area contributed by atoms with E-state index >= 15 is 0 Å². The summed E-state index contributed by atoms with van der Waals surface area (Å²) in [6.07, 6.45) is 3.39. The zero-order valence-electron chi connectivity index (χ0n) is 16.5. The highest BCUT2D eigenvalue weighted by Crippen LogP contribution is 2.30. The highest BCUT2D eigenvalue weighted by molar-refractivity contribution is 5.79. The Morgan fingerprint density at radius 2 is 1.81 bits per heavy atom. The van der Waals surface area contributed by atoms with E-state index in [1.807, 2.05) is 18.2 Å². The van der Waals surface area contributed by atoms with Crippen molar-refractivity contribution in [2.45, 2.75) is 52.5 Å². The fourth-order valence-corrected chi connectivity index (χ4v) is 3.28. The van der Waals surface area contributed by atoms with E-state index < -0.39 is 5.97 Å². The second kappa shape index (κ2) is 10.2. The Hall–Kier alpha value is -2.24. The van der Waals surface area contributed by atoms with E-state index in [0.717, 1.165) is 12.0 Å². The predicted molar refractivity (Wildman–Crippen MR) is 103 cm³/mol. The smallest absolute Gasteiger partial charge is 0.306 e. The van der Waals surface area contributed by atoms with Gasteiger partial charge in [0.25, 0.3) is 0 Å². The summed E-state index contributed by atoms with van der Waals surface area (Å²) in [4.78, 5) is 23.4. The van der Waals surface area contributed by atoms with Crippen LogP contribution in [0.25, 0.3) is 0 Å². The maximum absolute atomic E-state index is 12.4. The lowest BCUT2D eigenvalue weighted by Gasteiger charge is -2.25. The number of hydrogen-bond acceptors (Lipinski definition) is 4. The monoisotopic (exact) mass is 377 g/mol. The summed E-state index contributed by atoms with van der Waals surface area (Å²) in [5.41, 5.74) is 0.940. The van der Waals surface area contributed by atoms with Gasteiger partial charge in [0.15, 0.2) is 11.5 Å². The molecule has 0 aromatic heterocycles. The molecular weight excluding hydrogens is 346 g/mol. The summed E-state index contributed by atoms with van der Waals surface area (Å²) in [6.45, 7) is 5.37. The average Bonchev–Trinajstić information content (AvgIpc) is 2.66. The molecule has 0 bridgehead atoms. The van der Waals surface area contributed by atoms with Crippen LogP contribution in [0.3, 0.4) is 0 Å². The molecule has 1 aliphatic carbocycles. The van der Waals surface area contributed by atoms with Gasteiger partial charge in [-0.15, -0.1) is 0 Å². The number of amides is 1. The molecule has 6 heteroatoms. The van der Waals surface area contributed by atoms with Crippen LogP contribution in [0.5, 0.6) is 11.5 Å². The molecule has 1 aliphatic rings. The molecular formula is C21H31NO5. The summed E-state index contributed by atoms with van der Waals surface area (Å²) in [7, 11) is 1.61. The molecule has 0 atom stereocenters. The van der Waals surface area contributed by atoms with Gasteiger partial charge in [-0.05, 0) is 55.7 Å². The quantitative estimate of drug-likeness (QED) is 0.686. The molecule has 1 amide bonds. The molecule has 1 aromatic rings. The third kappa shape index (κ3) is 6.45. The Labute approximate surface area is 161 Å². The van der Waals surface area contributed by atoms with Crippen molar-refractivity contribution in [3.8, 4) is 11.5 Å². The molecule has 0 radical (unpaired) electrons. The van der Waals surface area contributed by atoms with Crippen LogP contribution in [0.15, 0.2) is 18.2 Å². The fraction of sp³-hybridized carbons (Fsp3) is 0.619. The van der Waals surface area contributed by atoms with Crippen molar-refractivity contribution < 1.29 is 24.2 Å². The second-order valence-corrected chi connectivity index (χ2v) is 7.62. The van der Waals surface area contributed by atoms with Gasteiger partial charge in [0, 0.05) is 12.5 Å². The molecule has 2 rings (SSSR count). The van der Waals surface area contributed by atoms with E-state index in [1.54, 1.807) is 7.11 Å². The van der Waals surface area contributed by atoms with Gasteiger partial charge in [0.05, 0.1) is 19.6 Å². The SMILES string of the molecule is COc1cc(CNC(=O)C2CCC(C(=O)O)CC2)ccc1OCCC(C)C. The van der Waals surface area contributed by atoms with Crippen LogP contribution in [0.1, 0.15) is 51.5 Å². The van der Waals surface area contributed by atoms with Gasteiger partial charge in [-0.3, -0.25) is 9.59 Å². The van der Waals surface area contributed by atoms with Gasteiger partial charge >= 0.3 is 5.97 Å². The summed E-state index contributed by atoms with van der Waals surface area (Å²) >= 11 is 0. The summed E-state index contributed by atoms with van der Waals surface area (Å²) in [5, 5.41) is 12.0. The molecule has 1 aromatic carbocycles. The fourth-order valence-electron chi connectivity index (χ4n) is 3.28. The van der Waals surface area contributed by atoms with E-state index in [4.69, 9.17) is 14.6 Å². The Balaban J connectivity index is 1.84. The number of benzene rings is 1. The lowest BCUT2D eigenvalue weighted by Crippen LogP contribution is -2.34. The molecule has 2 N–H and O–H groups in total. The number of nitrogens with one attached hydrogen (secondary N) is 1. The van der Waals surface area contributed by atoms with Crippen LogP contribution in [0.4, 0.5) is 0 Å². The third-order valence-electron chi connectivity index (χ3n) is 5.09. The van der Waals surface area contributed by atoms with Crippen LogP contribution < -0.4 is 14.8 Å². The lowest BCUT2D eigenvalue weighted by atomic mass is 9.81. The summed E-state index contributed by atoms with van der Waals surface area (Å²) < 4.78 is 11.2. The Kier molecular flexibility index (Phi) is 7.95. The highest BCUT2D eigenvalue weighted by atomic mass is 16.5. The highest BCUT2D eigenvalue weighted by Gasteiger charge is 2.29. The number of rotatable bonds is 9. The summed E-state index contributed by atoms with van der Waals surface area (Å²) in [5.74, 6) is 0.790. The first-order valence-corrected chi connectivity index (χ1v) is 9.71. The van der Waals surface area contributed by atoms with Crippen molar-refractivity contribution in [1.82, 2.24) is 5.32 Å². The maximum atomic E-state index is 12.4. The van der Waals surface area contributed by atoms with Gasteiger partial charge in [-0.25, -0.2) is 0 Å². The van der Waals surface area contributed by atoms with Crippen LogP contribution in [0.2, 0.25) is 0 Å². The topological polar surface area (TPSA) is 84.9 Å². The molecule has 1 saturated carbocycles. The van der Waals surface area contributed by atoms with Gasteiger partial charge in [0.1, 0.15) is 0 Å².